The Bertz CT molecular complexity index is 866. The molecule has 0 aliphatic heterocycles. The van der Waals surface area contributed by atoms with Crippen molar-refractivity contribution in [3.05, 3.63) is 59.2 Å². The molecule has 0 N–H and O–H groups in total. The second kappa shape index (κ2) is 8.01. The zero-order valence-corrected chi connectivity index (χ0v) is 16.8. The van der Waals surface area contributed by atoms with E-state index in [1.165, 1.54) is 16.4 Å². The fraction of sp³-hybridized carbons (Fsp3) is 0.350. The van der Waals surface area contributed by atoms with Crippen LogP contribution in [0.4, 0.5) is 5.69 Å². The topological polar surface area (TPSA) is 57.7 Å². The monoisotopic (exact) mass is 374 g/mol. The SMILES string of the molecule is CCN(CC)S(=O)(=O)c1ccc(C(=O)N(C)c2cc(C)cc(C)c2)cc1. The summed E-state index contributed by atoms with van der Waals surface area (Å²) in [4.78, 5) is 14.5. The Balaban J connectivity index is 2.28. The van der Waals surface area contributed by atoms with Crippen LogP contribution in [0, 0.1) is 13.8 Å². The molecular formula is C20H26N2O3S. The Morgan fingerprint density at radius 3 is 1.88 bits per heavy atom. The fourth-order valence-electron chi connectivity index (χ4n) is 2.94. The van der Waals surface area contributed by atoms with Gasteiger partial charge < -0.3 is 4.90 Å². The van der Waals surface area contributed by atoms with Gasteiger partial charge in [0.15, 0.2) is 0 Å². The Morgan fingerprint density at radius 1 is 0.923 bits per heavy atom. The van der Waals surface area contributed by atoms with Gasteiger partial charge in [0.25, 0.3) is 5.91 Å². The van der Waals surface area contributed by atoms with Gasteiger partial charge in [-0.2, -0.15) is 4.31 Å². The average Bonchev–Trinajstić information content (AvgIpc) is 2.60. The minimum Gasteiger partial charge on any atom is -0.311 e. The van der Waals surface area contributed by atoms with Crippen LogP contribution in [0.15, 0.2) is 47.4 Å². The second-order valence-corrected chi connectivity index (χ2v) is 8.26. The molecule has 0 saturated carbocycles. The third-order valence-corrected chi connectivity index (χ3v) is 6.41. The first kappa shape index (κ1) is 20.1. The molecule has 0 radical (unpaired) electrons. The number of carbonyl (C=O) groups excluding carboxylic acids is 1. The molecular weight excluding hydrogens is 348 g/mol. The highest BCUT2D eigenvalue weighted by Gasteiger charge is 2.22. The summed E-state index contributed by atoms with van der Waals surface area (Å²) in [6.45, 7) is 8.41. The van der Waals surface area contributed by atoms with Crippen LogP contribution >= 0.6 is 0 Å². The highest BCUT2D eigenvalue weighted by atomic mass is 32.2. The quantitative estimate of drug-likeness (QED) is 0.776. The van der Waals surface area contributed by atoms with Crippen LogP contribution in [-0.4, -0.2) is 38.8 Å². The summed E-state index contributed by atoms with van der Waals surface area (Å²) < 4.78 is 26.5. The standard InChI is InChI=1S/C20H26N2O3S/c1-6-22(7-2)26(24,25)19-10-8-17(9-11-19)20(23)21(5)18-13-15(3)12-16(4)14-18/h8-14H,6-7H2,1-5H3. The Hall–Kier alpha value is -2.18. The number of amides is 1. The van der Waals surface area contributed by atoms with Crippen molar-refractivity contribution in [3.63, 3.8) is 0 Å². The van der Waals surface area contributed by atoms with Gasteiger partial charge in [0.2, 0.25) is 10.0 Å². The molecule has 0 saturated heterocycles. The molecule has 0 unspecified atom stereocenters. The number of anilines is 1. The van der Waals surface area contributed by atoms with Crippen LogP contribution in [0.25, 0.3) is 0 Å². The minimum absolute atomic E-state index is 0.179. The summed E-state index contributed by atoms with van der Waals surface area (Å²) in [5, 5.41) is 0. The van der Waals surface area contributed by atoms with E-state index in [0.29, 0.717) is 18.7 Å². The van der Waals surface area contributed by atoms with Crippen molar-refractivity contribution in [3.8, 4) is 0 Å². The fourth-order valence-corrected chi connectivity index (χ4v) is 4.40. The number of aryl methyl sites for hydroxylation is 2. The summed E-state index contributed by atoms with van der Waals surface area (Å²) in [7, 11) is -1.80. The maximum atomic E-state index is 12.7. The van der Waals surface area contributed by atoms with E-state index in [9.17, 15) is 13.2 Å². The zero-order chi connectivity index (χ0) is 19.5. The van der Waals surface area contributed by atoms with Gasteiger partial charge in [0, 0.05) is 31.4 Å². The van der Waals surface area contributed by atoms with Crippen LogP contribution in [-0.2, 0) is 10.0 Å². The van der Waals surface area contributed by atoms with Crippen LogP contribution in [0.2, 0.25) is 0 Å². The first-order valence-corrected chi connectivity index (χ1v) is 10.1. The zero-order valence-electron chi connectivity index (χ0n) is 16.0. The Labute approximate surface area is 156 Å². The number of hydrogen-bond acceptors (Lipinski definition) is 3. The molecule has 2 rings (SSSR count). The summed E-state index contributed by atoms with van der Waals surface area (Å²) in [6.07, 6.45) is 0. The van der Waals surface area contributed by atoms with Gasteiger partial charge in [-0.15, -0.1) is 0 Å². The lowest BCUT2D eigenvalue weighted by molar-refractivity contribution is 0.0993. The molecule has 26 heavy (non-hydrogen) atoms. The van der Waals surface area contributed by atoms with Gasteiger partial charge in [-0.05, 0) is 61.4 Å². The van der Waals surface area contributed by atoms with E-state index in [0.717, 1.165) is 16.8 Å². The van der Waals surface area contributed by atoms with E-state index in [4.69, 9.17) is 0 Å². The van der Waals surface area contributed by atoms with Crippen molar-refractivity contribution in [2.24, 2.45) is 0 Å². The first-order chi connectivity index (χ1) is 12.2. The number of rotatable bonds is 6. The predicted octanol–water partition coefficient (Wildman–Crippen LogP) is 3.61. The number of nitrogens with zero attached hydrogens (tertiary/aromatic N) is 2. The van der Waals surface area contributed by atoms with Crippen molar-refractivity contribution in [2.45, 2.75) is 32.6 Å². The van der Waals surface area contributed by atoms with E-state index >= 15 is 0 Å². The molecule has 0 spiro atoms. The van der Waals surface area contributed by atoms with Crippen molar-refractivity contribution in [1.29, 1.82) is 0 Å². The molecule has 0 atom stereocenters. The maximum Gasteiger partial charge on any atom is 0.258 e. The van der Waals surface area contributed by atoms with E-state index in [2.05, 4.69) is 6.07 Å². The van der Waals surface area contributed by atoms with Crippen molar-refractivity contribution in [2.75, 3.05) is 25.0 Å². The third-order valence-electron chi connectivity index (χ3n) is 4.34. The number of carbonyl (C=O) groups is 1. The molecule has 0 bridgehead atoms. The summed E-state index contributed by atoms with van der Waals surface area (Å²) >= 11 is 0. The predicted molar refractivity (Wildman–Crippen MR) is 105 cm³/mol. The number of sulfonamides is 1. The lowest BCUT2D eigenvalue weighted by atomic mass is 10.1. The molecule has 0 fully saturated rings. The molecule has 5 nitrogen and oxygen atoms in total. The van der Waals surface area contributed by atoms with E-state index in [1.807, 2.05) is 26.0 Å². The highest BCUT2D eigenvalue weighted by molar-refractivity contribution is 7.89. The molecule has 2 aromatic rings. The van der Waals surface area contributed by atoms with Crippen molar-refractivity contribution >= 4 is 21.6 Å². The van der Waals surface area contributed by atoms with E-state index in [1.54, 1.807) is 37.9 Å². The van der Waals surface area contributed by atoms with Crippen LogP contribution in [0.3, 0.4) is 0 Å². The molecule has 6 heteroatoms. The summed E-state index contributed by atoms with van der Waals surface area (Å²) in [5.74, 6) is -0.179. The van der Waals surface area contributed by atoms with Gasteiger partial charge in [-0.1, -0.05) is 19.9 Å². The molecule has 0 heterocycles. The van der Waals surface area contributed by atoms with E-state index < -0.39 is 10.0 Å². The Kier molecular flexibility index (Phi) is 6.21. The molecule has 0 aliphatic carbocycles. The second-order valence-electron chi connectivity index (χ2n) is 6.32. The van der Waals surface area contributed by atoms with Crippen molar-refractivity contribution < 1.29 is 13.2 Å². The minimum atomic E-state index is -3.52. The molecule has 2 aromatic carbocycles. The molecule has 140 valence electrons. The van der Waals surface area contributed by atoms with Gasteiger partial charge in [0.1, 0.15) is 0 Å². The third kappa shape index (κ3) is 4.14. The first-order valence-electron chi connectivity index (χ1n) is 8.67. The normalized spacial score (nSPS) is 11.6. The largest absolute Gasteiger partial charge is 0.311 e. The maximum absolute atomic E-state index is 12.7. The summed E-state index contributed by atoms with van der Waals surface area (Å²) in [5.41, 5.74) is 3.43. The lowest BCUT2D eigenvalue weighted by Crippen LogP contribution is -2.30. The van der Waals surface area contributed by atoms with Gasteiger partial charge in [-0.3, -0.25) is 4.79 Å². The molecule has 0 aromatic heterocycles. The smallest absolute Gasteiger partial charge is 0.258 e. The van der Waals surface area contributed by atoms with Crippen LogP contribution in [0.5, 0.6) is 0 Å². The van der Waals surface area contributed by atoms with Crippen molar-refractivity contribution in [1.82, 2.24) is 4.31 Å². The lowest BCUT2D eigenvalue weighted by Gasteiger charge is -2.20. The number of hydrogen-bond donors (Lipinski definition) is 0. The summed E-state index contributed by atoms with van der Waals surface area (Å²) in [6, 6.07) is 12.1. The molecule has 0 aliphatic rings. The van der Waals surface area contributed by atoms with Gasteiger partial charge in [0.05, 0.1) is 4.90 Å². The average molecular weight is 375 g/mol. The van der Waals surface area contributed by atoms with Crippen LogP contribution < -0.4 is 4.90 Å². The van der Waals surface area contributed by atoms with Crippen LogP contribution in [0.1, 0.15) is 35.3 Å². The molecule has 1 amide bonds. The number of benzene rings is 2. The van der Waals surface area contributed by atoms with Gasteiger partial charge in [-0.25, -0.2) is 8.42 Å². The van der Waals surface area contributed by atoms with E-state index in [-0.39, 0.29) is 10.8 Å². The highest BCUT2D eigenvalue weighted by Crippen LogP contribution is 2.21. The van der Waals surface area contributed by atoms with Gasteiger partial charge >= 0.3 is 0 Å². The Morgan fingerprint density at radius 2 is 1.42 bits per heavy atom.